The first-order chi connectivity index (χ1) is 15.3. The Balaban J connectivity index is 1.75. The minimum atomic E-state index is -0.458. The zero-order chi connectivity index (χ0) is 23.1. The van der Waals surface area contributed by atoms with Gasteiger partial charge in [-0.3, -0.25) is 9.59 Å². The van der Waals surface area contributed by atoms with Crippen LogP contribution in [0.25, 0.3) is 6.08 Å². The lowest BCUT2D eigenvalue weighted by Gasteiger charge is -2.18. The predicted octanol–water partition coefficient (Wildman–Crippen LogP) is 5.96. The van der Waals surface area contributed by atoms with Crippen molar-refractivity contribution < 1.29 is 14.7 Å². The maximum atomic E-state index is 12.7. The molecule has 1 aliphatic rings. The second-order valence-corrected chi connectivity index (χ2v) is 8.15. The highest BCUT2D eigenvalue weighted by Crippen LogP contribution is 2.31. The van der Waals surface area contributed by atoms with E-state index in [2.05, 4.69) is 10.6 Å². The Hall–Kier alpha value is -3.28. The molecule has 0 fully saturated rings. The molecular weight excluding hydrogens is 447 g/mol. The Kier molecular flexibility index (Phi) is 7.92. The molecule has 0 unspecified atom stereocenters. The third kappa shape index (κ3) is 6.13. The molecule has 5 nitrogen and oxygen atoms in total. The fraction of sp³-hybridized carbons (Fsp3) is 0.120. The second kappa shape index (κ2) is 10.8. The van der Waals surface area contributed by atoms with Crippen LogP contribution in [-0.2, 0) is 11.2 Å². The zero-order valence-corrected chi connectivity index (χ0v) is 18.9. The van der Waals surface area contributed by atoms with Gasteiger partial charge in [-0.25, -0.2) is 0 Å². The third-order valence-electron chi connectivity index (χ3n) is 4.77. The monoisotopic (exact) mass is 468 g/mol. The van der Waals surface area contributed by atoms with E-state index in [4.69, 9.17) is 23.2 Å². The number of phenolic OH excluding ortho intramolecular Hbond substituents is 1. The van der Waals surface area contributed by atoms with Crippen LogP contribution in [0.5, 0.6) is 5.75 Å². The number of aromatic hydroxyl groups is 1. The first-order valence-electron chi connectivity index (χ1n) is 9.94. The summed E-state index contributed by atoms with van der Waals surface area (Å²) in [4.78, 5) is 25.2. The number of benzene rings is 2. The highest BCUT2D eigenvalue weighted by atomic mass is 35.5. The molecule has 0 aromatic heterocycles. The van der Waals surface area contributed by atoms with Crippen LogP contribution in [0.2, 0.25) is 5.02 Å². The topological polar surface area (TPSA) is 78.4 Å². The highest BCUT2D eigenvalue weighted by Gasteiger charge is 2.20. The summed E-state index contributed by atoms with van der Waals surface area (Å²) in [7, 11) is 0. The van der Waals surface area contributed by atoms with E-state index in [1.165, 1.54) is 6.20 Å². The van der Waals surface area contributed by atoms with Gasteiger partial charge in [0.25, 0.3) is 11.8 Å². The van der Waals surface area contributed by atoms with Crippen molar-refractivity contribution in [1.82, 2.24) is 5.32 Å². The number of hydrogen-bond donors (Lipinski definition) is 3. The van der Waals surface area contributed by atoms with E-state index in [9.17, 15) is 14.7 Å². The molecule has 0 spiro atoms. The van der Waals surface area contributed by atoms with Crippen molar-refractivity contribution >= 4 is 46.8 Å². The van der Waals surface area contributed by atoms with Crippen molar-refractivity contribution in [1.29, 1.82) is 0 Å². The second-order valence-electron chi connectivity index (χ2n) is 7.14. The molecule has 0 aliphatic heterocycles. The SMILES string of the molecule is C\C(Cl)=C/C=C\C=C\NC(=O)c1cc2c(cc1O)CCC(C(=O)Nc1ccccc1Cl)=C2. The summed E-state index contributed by atoms with van der Waals surface area (Å²) in [5.41, 5.74) is 2.82. The molecule has 2 aromatic carbocycles. The van der Waals surface area contributed by atoms with E-state index >= 15 is 0 Å². The average molecular weight is 469 g/mol. The van der Waals surface area contributed by atoms with Crippen molar-refractivity contribution in [3.05, 3.63) is 99.2 Å². The molecule has 3 N–H and O–H groups in total. The number of nitrogens with one attached hydrogen (secondary N) is 2. The summed E-state index contributed by atoms with van der Waals surface area (Å²) in [6.07, 6.45) is 11.1. The zero-order valence-electron chi connectivity index (χ0n) is 17.4. The molecule has 164 valence electrons. The highest BCUT2D eigenvalue weighted by molar-refractivity contribution is 6.34. The van der Waals surface area contributed by atoms with Gasteiger partial charge in [0.1, 0.15) is 5.75 Å². The molecule has 2 amide bonds. The van der Waals surface area contributed by atoms with E-state index < -0.39 is 5.91 Å². The Morgan fingerprint density at radius 3 is 2.59 bits per heavy atom. The summed E-state index contributed by atoms with van der Waals surface area (Å²) >= 11 is 11.8. The standard InChI is InChI=1S/C25H22Cl2N2O3/c1-16(26)7-3-2-6-12-28-25(32)20-14-19-13-18(11-10-17(19)15-23(20)30)24(31)29-22-9-5-4-8-21(22)27/h2-9,12-15,30H,10-11H2,1H3,(H,28,32)(H,29,31)/b3-2-,12-6+,16-7+. The van der Waals surface area contributed by atoms with E-state index in [1.54, 1.807) is 73.7 Å². The Bertz CT molecular complexity index is 1160. The van der Waals surface area contributed by atoms with Crippen LogP contribution < -0.4 is 10.6 Å². The molecule has 7 heteroatoms. The fourth-order valence-electron chi connectivity index (χ4n) is 3.16. The molecule has 0 saturated heterocycles. The molecule has 2 aromatic rings. The Labute approximate surface area is 196 Å². The van der Waals surface area contributed by atoms with Gasteiger partial charge in [-0.2, -0.15) is 0 Å². The quantitative estimate of drug-likeness (QED) is 0.457. The van der Waals surface area contributed by atoms with Crippen LogP contribution >= 0.6 is 23.2 Å². The Morgan fingerprint density at radius 1 is 1.06 bits per heavy atom. The molecule has 32 heavy (non-hydrogen) atoms. The lowest BCUT2D eigenvalue weighted by Crippen LogP contribution is -2.19. The summed E-state index contributed by atoms with van der Waals surface area (Å²) < 4.78 is 0. The summed E-state index contributed by atoms with van der Waals surface area (Å²) in [5, 5.41) is 16.8. The van der Waals surface area contributed by atoms with Crippen molar-refractivity contribution in [2.75, 3.05) is 5.32 Å². The van der Waals surface area contributed by atoms with Crippen molar-refractivity contribution in [2.24, 2.45) is 0 Å². The number of hydrogen-bond acceptors (Lipinski definition) is 3. The maximum absolute atomic E-state index is 12.7. The third-order valence-corrected chi connectivity index (χ3v) is 5.22. The molecule has 0 bridgehead atoms. The van der Waals surface area contributed by atoms with Gasteiger partial charge in [-0.15, -0.1) is 0 Å². The largest absolute Gasteiger partial charge is 0.507 e. The molecule has 3 rings (SSSR count). The van der Waals surface area contributed by atoms with Gasteiger partial charge in [0.2, 0.25) is 0 Å². The number of carbonyl (C=O) groups excluding carboxylic acids is 2. The number of amides is 2. The van der Waals surface area contributed by atoms with Crippen LogP contribution in [0.3, 0.4) is 0 Å². The van der Waals surface area contributed by atoms with Crippen molar-refractivity contribution in [3.8, 4) is 5.75 Å². The van der Waals surface area contributed by atoms with E-state index in [-0.39, 0.29) is 17.2 Å². The van der Waals surface area contributed by atoms with Gasteiger partial charge in [-0.05, 0) is 73.4 Å². The van der Waals surface area contributed by atoms with Crippen LogP contribution in [0.1, 0.15) is 34.8 Å². The van der Waals surface area contributed by atoms with E-state index in [1.807, 2.05) is 0 Å². The van der Waals surface area contributed by atoms with Gasteiger partial charge in [0.05, 0.1) is 16.3 Å². The number of allylic oxidation sites excluding steroid dienone is 5. The molecule has 0 radical (unpaired) electrons. The van der Waals surface area contributed by atoms with Gasteiger partial charge in [0, 0.05) is 16.8 Å². The first kappa shape index (κ1) is 23.4. The number of anilines is 1. The van der Waals surface area contributed by atoms with Crippen molar-refractivity contribution in [2.45, 2.75) is 19.8 Å². The smallest absolute Gasteiger partial charge is 0.258 e. The summed E-state index contributed by atoms with van der Waals surface area (Å²) in [6, 6.07) is 10.2. The van der Waals surface area contributed by atoms with Crippen LogP contribution in [0.4, 0.5) is 5.69 Å². The van der Waals surface area contributed by atoms with Crippen molar-refractivity contribution in [3.63, 3.8) is 0 Å². The fourth-order valence-corrected chi connectivity index (χ4v) is 3.42. The summed E-state index contributed by atoms with van der Waals surface area (Å²) in [5.74, 6) is -0.818. The molecule has 0 heterocycles. The maximum Gasteiger partial charge on any atom is 0.258 e. The van der Waals surface area contributed by atoms with E-state index in [0.717, 1.165) is 11.1 Å². The number of rotatable bonds is 6. The van der Waals surface area contributed by atoms with E-state index in [0.29, 0.717) is 34.2 Å². The molecule has 1 aliphatic carbocycles. The van der Waals surface area contributed by atoms with Gasteiger partial charge >= 0.3 is 0 Å². The normalized spacial score (nSPS) is 13.7. The number of aryl methyl sites for hydroxylation is 1. The summed E-state index contributed by atoms with van der Waals surface area (Å²) in [6.45, 7) is 1.76. The first-order valence-corrected chi connectivity index (χ1v) is 10.7. The Morgan fingerprint density at radius 2 is 1.84 bits per heavy atom. The number of halogens is 2. The minimum Gasteiger partial charge on any atom is -0.507 e. The van der Waals surface area contributed by atoms with Gasteiger partial charge in [-0.1, -0.05) is 47.5 Å². The number of carbonyl (C=O) groups is 2. The predicted molar refractivity (Wildman–Crippen MR) is 130 cm³/mol. The number of fused-ring (bicyclic) bond motifs is 1. The number of phenols is 1. The van der Waals surface area contributed by atoms with Gasteiger partial charge < -0.3 is 15.7 Å². The van der Waals surface area contributed by atoms with Crippen LogP contribution in [0.15, 0.2) is 77.5 Å². The van der Waals surface area contributed by atoms with Crippen LogP contribution in [-0.4, -0.2) is 16.9 Å². The van der Waals surface area contributed by atoms with Gasteiger partial charge in [0.15, 0.2) is 0 Å². The molecule has 0 saturated carbocycles. The van der Waals surface area contributed by atoms with Crippen LogP contribution in [0, 0.1) is 0 Å². The lowest BCUT2D eigenvalue weighted by atomic mass is 9.90. The molecular formula is C25H22Cl2N2O3. The number of para-hydroxylation sites is 1. The molecule has 0 atom stereocenters. The lowest BCUT2D eigenvalue weighted by molar-refractivity contribution is -0.112. The minimum absolute atomic E-state index is 0.108. The average Bonchev–Trinajstić information content (AvgIpc) is 2.76.